The lowest BCUT2D eigenvalue weighted by Gasteiger charge is -2.25. The fourth-order valence-electron chi connectivity index (χ4n) is 4.55. The minimum absolute atomic E-state index is 0.0287. The van der Waals surface area contributed by atoms with E-state index in [4.69, 9.17) is 0 Å². The maximum absolute atomic E-state index is 14.3. The van der Waals surface area contributed by atoms with Gasteiger partial charge in [0.25, 0.3) is 11.8 Å². The van der Waals surface area contributed by atoms with Crippen LogP contribution in [-0.4, -0.2) is 36.1 Å². The molecule has 0 aromatic heterocycles. The number of carboxylic acid groups (broad SMARTS) is 1. The summed E-state index contributed by atoms with van der Waals surface area (Å²) >= 11 is 0. The highest BCUT2D eigenvalue weighted by molar-refractivity contribution is 6.12. The molecule has 3 rings (SSSR count). The van der Waals surface area contributed by atoms with Gasteiger partial charge >= 0.3 is 12.1 Å². The third kappa shape index (κ3) is 5.72. The zero-order chi connectivity index (χ0) is 28.5. The molecule has 3 aromatic carbocycles. The molecule has 2 amide bonds. The van der Waals surface area contributed by atoms with E-state index in [0.29, 0.717) is 11.1 Å². The van der Waals surface area contributed by atoms with E-state index in [-0.39, 0.29) is 33.5 Å². The van der Waals surface area contributed by atoms with Gasteiger partial charge in [-0.05, 0) is 91.8 Å². The maximum atomic E-state index is 14.3. The Labute approximate surface area is 218 Å². The Bertz CT molecular complexity index is 1400. The number of benzene rings is 3. The maximum Gasteiger partial charge on any atom is 0.399 e. The van der Waals surface area contributed by atoms with Crippen molar-refractivity contribution in [3.05, 3.63) is 98.1 Å². The van der Waals surface area contributed by atoms with E-state index >= 15 is 0 Å². The fourth-order valence-corrected chi connectivity index (χ4v) is 4.55. The summed E-state index contributed by atoms with van der Waals surface area (Å²) in [4.78, 5) is 36.8. The standard InChI is InChI=1S/C29H29F3N2O4/c1-14-9-20(10-15(2)18(14)5)24(29(30,31)32)21-11-16(3)25(17(4)12-21)34-27(36)23-13-19(26(35)33-6)7-8-22(23)28(37)38/h7-13,24H,1-6H3,(H,33,35)(H,34,36)(H,37,38). The molecule has 200 valence electrons. The summed E-state index contributed by atoms with van der Waals surface area (Å²) < 4.78 is 43.0. The first-order chi connectivity index (χ1) is 17.6. The lowest BCUT2D eigenvalue weighted by molar-refractivity contribution is -0.141. The van der Waals surface area contributed by atoms with E-state index in [1.165, 1.54) is 31.3 Å². The third-order valence-electron chi connectivity index (χ3n) is 6.72. The van der Waals surface area contributed by atoms with Crippen LogP contribution in [0.25, 0.3) is 0 Å². The van der Waals surface area contributed by atoms with Gasteiger partial charge in [0.2, 0.25) is 0 Å². The minimum atomic E-state index is -4.56. The Morgan fingerprint density at radius 3 is 1.71 bits per heavy atom. The molecule has 1 atom stereocenters. The van der Waals surface area contributed by atoms with Crippen LogP contribution in [0, 0.1) is 34.6 Å². The summed E-state index contributed by atoms with van der Waals surface area (Å²) in [6.07, 6.45) is -4.56. The number of rotatable bonds is 6. The van der Waals surface area contributed by atoms with Crippen LogP contribution < -0.4 is 10.6 Å². The van der Waals surface area contributed by atoms with Crippen molar-refractivity contribution < 1.29 is 32.7 Å². The second-order valence-corrected chi connectivity index (χ2v) is 9.38. The van der Waals surface area contributed by atoms with Gasteiger partial charge in [0.1, 0.15) is 5.92 Å². The summed E-state index contributed by atoms with van der Waals surface area (Å²) in [5.41, 5.74) is 3.16. The predicted molar refractivity (Wildman–Crippen MR) is 139 cm³/mol. The van der Waals surface area contributed by atoms with Crippen LogP contribution in [0.2, 0.25) is 0 Å². The lowest BCUT2D eigenvalue weighted by atomic mass is 9.85. The van der Waals surface area contributed by atoms with Crippen molar-refractivity contribution in [2.75, 3.05) is 12.4 Å². The number of hydrogen-bond acceptors (Lipinski definition) is 3. The number of hydrogen-bond donors (Lipinski definition) is 3. The molecule has 0 radical (unpaired) electrons. The smallest absolute Gasteiger partial charge is 0.399 e. The van der Waals surface area contributed by atoms with Crippen LogP contribution in [0.3, 0.4) is 0 Å². The Hall–Kier alpha value is -4.14. The summed E-state index contributed by atoms with van der Waals surface area (Å²) in [6.45, 7) is 8.56. The second kappa shape index (κ2) is 10.7. The van der Waals surface area contributed by atoms with Crippen molar-refractivity contribution in [3.63, 3.8) is 0 Å². The van der Waals surface area contributed by atoms with Gasteiger partial charge in [0.15, 0.2) is 0 Å². The number of halogens is 3. The molecular weight excluding hydrogens is 497 g/mol. The molecule has 0 saturated carbocycles. The van der Waals surface area contributed by atoms with E-state index in [1.807, 2.05) is 6.92 Å². The number of nitrogens with one attached hydrogen (secondary N) is 2. The first-order valence-electron chi connectivity index (χ1n) is 11.8. The Morgan fingerprint density at radius 1 is 0.763 bits per heavy atom. The molecule has 1 unspecified atom stereocenters. The molecule has 9 heteroatoms. The number of carbonyl (C=O) groups excluding carboxylic acids is 2. The Morgan fingerprint density at radius 2 is 1.26 bits per heavy atom. The van der Waals surface area contributed by atoms with Crippen LogP contribution in [0.5, 0.6) is 0 Å². The molecule has 0 heterocycles. The van der Waals surface area contributed by atoms with Crippen molar-refractivity contribution in [1.82, 2.24) is 5.32 Å². The van der Waals surface area contributed by atoms with Gasteiger partial charge in [-0.15, -0.1) is 0 Å². The van der Waals surface area contributed by atoms with E-state index < -0.39 is 29.9 Å². The third-order valence-corrected chi connectivity index (χ3v) is 6.72. The number of aromatic carboxylic acids is 1. The van der Waals surface area contributed by atoms with Crippen LogP contribution in [-0.2, 0) is 0 Å². The van der Waals surface area contributed by atoms with Crippen LogP contribution >= 0.6 is 0 Å². The number of carboxylic acids is 1. The summed E-state index contributed by atoms with van der Waals surface area (Å²) in [5.74, 6) is -4.54. The van der Waals surface area contributed by atoms with E-state index in [0.717, 1.165) is 22.8 Å². The lowest BCUT2D eigenvalue weighted by Crippen LogP contribution is -2.23. The highest BCUT2D eigenvalue weighted by atomic mass is 19.4. The second-order valence-electron chi connectivity index (χ2n) is 9.38. The van der Waals surface area contributed by atoms with Crippen molar-refractivity contribution in [2.45, 2.75) is 46.7 Å². The minimum Gasteiger partial charge on any atom is -0.478 e. The summed E-state index contributed by atoms with van der Waals surface area (Å²) in [5, 5.41) is 14.6. The van der Waals surface area contributed by atoms with E-state index in [1.54, 1.807) is 39.8 Å². The molecule has 0 bridgehead atoms. The van der Waals surface area contributed by atoms with Crippen molar-refractivity contribution in [3.8, 4) is 0 Å². The molecule has 0 aliphatic carbocycles. The van der Waals surface area contributed by atoms with Crippen LogP contribution in [0.4, 0.5) is 18.9 Å². The monoisotopic (exact) mass is 526 g/mol. The van der Waals surface area contributed by atoms with Crippen molar-refractivity contribution in [2.24, 2.45) is 0 Å². The van der Waals surface area contributed by atoms with Gasteiger partial charge in [-0.25, -0.2) is 4.79 Å². The zero-order valence-corrected chi connectivity index (χ0v) is 21.9. The topological polar surface area (TPSA) is 95.5 Å². The highest BCUT2D eigenvalue weighted by Gasteiger charge is 2.42. The average Bonchev–Trinajstić information content (AvgIpc) is 2.82. The van der Waals surface area contributed by atoms with Crippen LogP contribution in [0.15, 0.2) is 42.5 Å². The first-order valence-corrected chi connectivity index (χ1v) is 11.8. The first kappa shape index (κ1) is 28.4. The summed E-state index contributed by atoms with van der Waals surface area (Å²) in [6, 6.07) is 9.47. The largest absolute Gasteiger partial charge is 0.478 e. The summed E-state index contributed by atoms with van der Waals surface area (Å²) in [7, 11) is 1.40. The molecule has 0 spiro atoms. The quantitative estimate of drug-likeness (QED) is 0.355. The predicted octanol–water partition coefficient (Wildman–Crippen LogP) is 6.23. The molecule has 6 nitrogen and oxygen atoms in total. The average molecular weight is 527 g/mol. The van der Waals surface area contributed by atoms with E-state index in [9.17, 15) is 32.7 Å². The normalized spacial score (nSPS) is 12.1. The number of alkyl halides is 3. The van der Waals surface area contributed by atoms with Crippen molar-refractivity contribution >= 4 is 23.5 Å². The number of aryl methyl sites for hydroxylation is 4. The molecule has 3 N–H and O–H groups in total. The molecule has 0 fully saturated rings. The van der Waals surface area contributed by atoms with Crippen LogP contribution in [0.1, 0.15) is 75.9 Å². The van der Waals surface area contributed by atoms with Gasteiger partial charge in [-0.2, -0.15) is 13.2 Å². The highest BCUT2D eigenvalue weighted by Crippen LogP contribution is 2.42. The molecule has 38 heavy (non-hydrogen) atoms. The number of carbonyl (C=O) groups is 3. The molecule has 3 aromatic rings. The van der Waals surface area contributed by atoms with Gasteiger partial charge in [-0.3, -0.25) is 9.59 Å². The van der Waals surface area contributed by atoms with Gasteiger partial charge in [-0.1, -0.05) is 24.3 Å². The fraction of sp³-hybridized carbons (Fsp3) is 0.276. The van der Waals surface area contributed by atoms with Crippen molar-refractivity contribution in [1.29, 1.82) is 0 Å². The number of amides is 2. The van der Waals surface area contributed by atoms with Gasteiger partial charge < -0.3 is 15.7 Å². The number of anilines is 1. The van der Waals surface area contributed by atoms with E-state index in [2.05, 4.69) is 10.6 Å². The zero-order valence-electron chi connectivity index (χ0n) is 21.9. The molecule has 0 saturated heterocycles. The molecular formula is C29H29F3N2O4. The molecule has 0 aliphatic heterocycles. The Balaban J connectivity index is 2.06. The van der Waals surface area contributed by atoms with Gasteiger partial charge in [0.05, 0.1) is 11.1 Å². The van der Waals surface area contributed by atoms with Gasteiger partial charge in [0, 0.05) is 18.3 Å². The SMILES string of the molecule is CNC(=O)c1ccc(C(=O)O)c(C(=O)Nc2c(C)cc(C(c3cc(C)c(C)c(C)c3)C(F)(F)F)cc2C)c1. The molecule has 0 aliphatic rings. The Kier molecular flexibility index (Phi) is 8.00.